The average Bonchev–Trinajstić information content (AvgIpc) is 2.86. The van der Waals surface area contributed by atoms with E-state index in [1.165, 1.54) is 32.4 Å². The first kappa shape index (κ1) is 16.5. The third-order valence-corrected chi connectivity index (χ3v) is 5.66. The van der Waals surface area contributed by atoms with Crippen LogP contribution < -0.4 is 0 Å². The number of hydrogen-bond acceptors (Lipinski definition) is 3. The van der Waals surface area contributed by atoms with Crippen LogP contribution in [0.1, 0.15) is 59.6 Å². The highest BCUT2D eigenvalue weighted by Crippen LogP contribution is 2.39. The van der Waals surface area contributed by atoms with Crippen LogP contribution in [0.25, 0.3) is 0 Å². The van der Waals surface area contributed by atoms with E-state index in [4.69, 9.17) is 0 Å². The van der Waals surface area contributed by atoms with Gasteiger partial charge >= 0.3 is 0 Å². The number of aromatic nitrogens is 3. The average molecular weight is 292 g/mol. The molecule has 4 nitrogen and oxygen atoms in total. The van der Waals surface area contributed by atoms with E-state index in [1.54, 1.807) is 0 Å². The molecule has 2 rings (SSSR count). The summed E-state index contributed by atoms with van der Waals surface area (Å²) in [5.41, 5.74) is 1.33. The molecule has 0 spiro atoms. The third kappa shape index (κ3) is 3.85. The lowest BCUT2D eigenvalue weighted by Crippen LogP contribution is -2.34. The summed E-state index contributed by atoms with van der Waals surface area (Å²) in [5, 5.41) is 8.79. The molecule has 4 heteroatoms. The second-order valence-electron chi connectivity index (χ2n) is 8.28. The molecule has 0 aliphatic carbocycles. The zero-order valence-electron chi connectivity index (χ0n) is 14.7. The Kier molecular flexibility index (Phi) is 4.76. The zero-order chi connectivity index (χ0) is 15.7. The second kappa shape index (κ2) is 6.07. The predicted molar refractivity (Wildman–Crippen MR) is 87.3 cm³/mol. The molecule has 120 valence electrons. The maximum Gasteiger partial charge on any atom is 0.0888 e. The highest BCUT2D eigenvalue weighted by atomic mass is 15.4. The van der Waals surface area contributed by atoms with Crippen molar-refractivity contribution < 1.29 is 0 Å². The number of hydrogen-bond donors (Lipinski definition) is 0. The van der Waals surface area contributed by atoms with Crippen molar-refractivity contribution in [1.82, 2.24) is 19.9 Å². The Balaban J connectivity index is 1.92. The topological polar surface area (TPSA) is 34.0 Å². The first-order chi connectivity index (χ1) is 9.70. The lowest BCUT2D eigenvalue weighted by molar-refractivity contribution is 0.206. The zero-order valence-corrected chi connectivity index (χ0v) is 14.7. The van der Waals surface area contributed by atoms with Gasteiger partial charge in [-0.2, -0.15) is 0 Å². The van der Waals surface area contributed by atoms with Gasteiger partial charge in [0.1, 0.15) is 0 Å². The molecule has 1 aromatic heterocycles. The van der Waals surface area contributed by atoms with Crippen LogP contribution in [0.5, 0.6) is 0 Å². The van der Waals surface area contributed by atoms with Gasteiger partial charge in [0.2, 0.25) is 0 Å². The molecule has 1 aromatic rings. The molecular weight excluding hydrogens is 260 g/mol. The number of likely N-dealkylation sites (tertiary alicyclic amines) is 1. The molecule has 1 aliphatic rings. The first-order valence-electron chi connectivity index (χ1n) is 8.29. The fourth-order valence-corrected chi connectivity index (χ4v) is 2.74. The summed E-state index contributed by atoms with van der Waals surface area (Å²) in [6.45, 7) is 14.8. The van der Waals surface area contributed by atoms with Gasteiger partial charge in [0.15, 0.2) is 0 Å². The van der Waals surface area contributed by atoms with Crippen LogP contribution in [-0.4, -0.2) is 40.0 Å². The van der Waals surface area contributed by atoms with Gasteiger partial charge in [-0.1, -0.05) is 39.8 Å². The van der Waals surface area contributed by atoms with Crippen LogP contribution in [0.15, 0.2) is 6.20 Å². The monoisotopic (exact) mass is 292 g/mol. The predicted octanol–water partition coefficient (Wildman–Crippen LogP) is 3.33. The summed E-state index contributed by atoms with van der Waals surface area (Å²) >= 11 is 0. The van der Waals surface area contributed by atoms with E-state index in [9.17, 15) is 0 Å². The van der Waals surface area contributed by atoms with Crippen molar-refractivity contribution in [3.8, 4) is 0 Å². The fourth-order valence-electron chi connectivity index (χ4n) is 2.74. The quantitative estimate of drug-likeness (QED) is 0.853. The highest BCUT2D eigenvalue weighted by Gasteiger charge is 2.36. The molecule has 0 amide bonds. The summed E-state index contributed by atoms with van der Waals surface area (Å²) in [5.74, 6) is 0.851. The summed E-state index contributed by atoms with van der Waals surface area (Å²) < 4.78 is 2.04. The Hall–Kier alpha value is -0.900. The van der Waals surface area contributed by atoms with E-state index in [0.717, 1.165) is 18.2 Å². The molecule has 0 saturated carbocycles. The van der Waals surface area contributed by atoms with E-state index in [-0.39, 0.29) is 10.8 Å². The largest absolute Gasteiger partial charge is 0.306 e. The maximum atomic E-state index is 4.43. The second-order valence-corrected chi connectivity index (χ2v) is 8.28. The van der Waals surface area contributed by atoms with Crippen LogP contribution >= 0.6 is 0 Å². The van der Waals surface area contributed by atoms with E-state index in [2.05, 4.69) is 63.1 Å². The summed E-state index contributed by atoms with van der Waals surface area (Å²) in [4.78, 5) is 2.43. The van der Waals surface area contributed by atoms with Crippen LogP contribution in [-0.2, 0) is 12.0 Å². The lowest BCUT2D eigenvalue weighted by Gasteiger charge is -2.36. The van der Waals surface area contributed by atoms with Gasteiger partial charge in [-0.3, -0.25) is 4.68 Å². The van der Waals surface area contributed by atoms with E-state index >= 15 is 0 Å². The molecule has 0 atom stereocenters. The van der Waals surface area contributed by atoms with Gasteiger partial charge in [0.25, 0.3) is 0 Å². The fraction of sp³-hybridized carbons (Fsp3) is 0.882. The third-order valence-electron chi connectivity index (χ3n) is 5.66. The molecule has 1 fully saturated rings. The minimum Gasteiger partial charge on any atom is -0.306 e. The van der Waals surface area contributed by atoms with E-state index < -0.39 is 0 Å². The molecule has 1 saturated heterocycles. The van der Waals surface area contributed by atoms with Crippen LogP contribution in [0.3, 0.4) is 0 Å². The van der Waals surface area contributed by atoms with Gasteiger partial charge in [-0.05, 0) is 50.7 Å². The Morgan fingerprint density at radius 1 is 1.14 bits per heavy atom. The minimum absolute atomic E-state index is 0.0405. The van der Waals surface area contributed by atoms with Gasteiger partial charge < -0.3 is 4.90 Å². The molecule has 0 radical (unpaired) electrons. The Morgan fingerprint density at radius 2 is 1.76 bits per heavy atom. The Labute approximate surface area is 129 Å². The lowest BCUT2D eigenvalue weighted by atomic mass is 9.67. The molecular formula is C17H32N4. The molecule has 0 unspecified atom stereocenters. The standard InChI is InChI=1S/C17H32N4/c1-16(2,3)17(4,5)15-13-21(19-18-15)12-9-14-7-10-20(6)11-8-14/h13-14H,7-12H2,1-6H3. The Morgan fingerprint density at radius 3 is 2.33 bits per heavy atom. The van der Waals surface area contributed by atoms with Crippen molar-refractivity contribution in [3.05, 3.63) is 11.9 Å². The number of aryl methyl sites for hydroxylation is 1. The normalized spacial score (nSPS) is 19.1. The van der Waals surface area contributed by atoms with Crippen molar-refractivity contribution in [2.24, 2.45) is 11.3 Å². The Bertz CT molecular complexity index is 448. The van der Waals surface area contributed by atoms with Crippen molar-refractivity contribution in [1.29, 1.82) is 0 Å². The number of nitrogens with zero attached hydrogens (tertiary/aromatic N) is 4. The summed E-state index contributed by atoms with van der Waals surface area (Å²) in [6, 6.07) is 0. The van der Waals surface area contributed by atoms with Gasteiger partial charge in [0.05, 0.1) is 5.69 Å². The molecule has 1 aliphatic heterocycles. The highest BCUT2D eigenvalue weighted by molar-refractivity contribution is 5.13. The smallest absolute Gasteiger partial charge is 0.0888 e. The SMILES string of the molecule is CN1CCC(CCn2cc(C(C)(C)C(C)(C)C)nn2)CC1. The molecule has 0 aromatic carbocycles. The molecule has 21 heavy (non-hydrogen) atoms. The number of piperidine rings is 1. The minimum atomic E-state index is 0.0405. The van der Waals surface area contributed by atoms with Crippen LogP contribution in [0.2, 0.25) is 0 Å². The van der Waals surface area contributed by atoms with Gasteiger partial charge in [-0.15, -0.1) is 5.10 Å². The van der Waals surface area contributed by atoms with Crippen LogP contribution in [0, 0.1) is 11.3 Å². The van der Waals surface area contributed by atoms with Crippen LogP contribution in [0.4, 0.5) is 0 Å². The molecule has 2 heterocycles. The summed E-state index contributed by atoms with van der Waals surface area (Å²) in [7, 11) is 2.22. The van der Waals surface area contributed by atoms with Crippen molar-refractivity contribution in [2.45, 2.75) is 65.8 Å². The van der Waals surface area contributed by atoms with E-state index in [0.29, 0.717) is 0 Å². The van der Waals surface area contributed by atoms with E-state index in [1.807, 2.05) is 4.68 Å². The van der Waals surface area contributed by atoms with Crippen molar-refractivity contribution >= 4 is 0 Å². The number of rotatable bonds is 4. The first-order valence-corrected chi connectivity index (χ1v) is 8.29. The van der Waals surface area contributed by atoms with Gasteiger partial charge in [-0.25, -0.2) is 0 Å². The molecule has 0 N–H and O–H groups in total. The van der Waals surface area contributed by atoms with Gasteiger partial charge in [0, 0.05) is 18.2 Å². The maximum absolute atomic E-state index is 4.43. The van der Waals surface area contributed by atoms with Crippen molar-refractivity contribution in [2.75, 3.05) is 20.1 Å². The van der Waals surface area contributed by atoms with Crippen molar-refractivity contribution in [3.63, 3.8) is 0 Å². The molecule has 0 bridgehead atoms. The summed E-state index contributed by atoms with van der Waals surface area (Å²) in [6.07, 6.45) is 6.03.